The van der Waals surface area contributed by atoms with E-state index in [-0.39, 0.29) is 5.56 Å². The van der Waals surface area contributed by atoms with E-state index in [4.69, 9.17) is 10.7 Å². The first kappa shape index (κ1) is 17.5. The first-order valence-corrected chi connectivity index (χ1v) is 9.11. The molecule has 0 saturated heterocycles. The van der Waals surface area contributed by atoms with Crippen LogP contribution in [0, 0.1) is 13.8 Å². The highest BCUT2D eigenvalue weighted by Gasteiger charge is 2.23. The molecule has 1 aliphatic heterocycles. The molecule has 0 radical (unpaired) electrons. The van der Waals surface area contributed by atoms with Crippen molar-refractivity contribution in [3.8, 4) is 11.4 Å². The molecule has 1 aliphatic rings. The SMILES string of the molecule is Cc1nc(CN2CCc3nc(-c4ccc(N)cc4)[nH]c(=O)c3C2)n(C)c1C. The van der Waals surface area contributed by atoms with Gasteiger partial charge in [-0.25, -0.2) is 9.97 Å². The highest BCUT2D eigenvalue weighted by atomic mass is 16.1. The van der Waals surface area contributed by atoms with Crippen LogP contribution in [0.1, 0.15) is 28.5 Å². The summed E-state index contributed by atoms with van der Waals surface area (Å²) >= 11 is 0. The van der Waals surface area contributed by atoms with E-state index < -0.39 is 0 Å². The van der Waals surface area contributed by atoms with Crippen molar-refractivity contribution in [3.63, 3.8) is 0 Å². The Kier molecular flexibility index (Phi) is 4.31. The standard InChI is InChI=1S/C20H24N6O/c1-12-13(2)25(3)18(22-12)11-26-9-8-17-16(10-26)20(27)24-19(23-17)14-4-6-15(21)7-5-14/h4-7H,8-11,21H2,1-3H3,(H,23,24,27). The molecule has 3 N–H and O–H groups in total. The fourth-order valence-corrected chi connectivity index (χ4v) is 3.52. The molecule has 4 rings (SSSR count). The Morgan fingerprint density at radius 1 is 1.19 bits per heavy atom. The van der Waals surface area contributed by atoms with Gasteiger partial charge in [0.2, 0.25) is 0 Å². The van der Waals surface area contributed by atoms with Crippen LogP contribution in [-0.2, 0) is 26.6 Å². The number of fused-ring (bicyclic) bond motifs is 1. The lowest BCUT2D eigenvalue weighted by atomic mass is 10.1. The third kappa shape index (κ3) is 3.26. The summed E-state index contributed by atoms with van der Waals surface area (Å²) in [5.74, 6) is 1.62. The molecular formula is C20H24N6O. The summed E-state index contributed by atoms with van der Waals surface area (Å²) in [7, 11) is 2.04. The number of H-pyrrole nitrogens is 1. The summed E-state index contributed by atoms with van der Waals surface area (Å²) in [5.41, 5.74) is 11.1. The Morgan fingerprint density at radius 2 is 1.93 bits per heavy atom. The van der Waals surface area contributed by atoms with E-state index in [1.807, 2.05) is 38.2 Å². The van der Waals surface area contributed by atoms with Crippen LogP contribution in [0.3, 0.4) is 0 Å². The maximum atomic E-state index is 12.7. The van der Waals surface area contributed by atoms with Gasteiger partial charge in [0.1, 0.15) is 11.6 Å². The summed E-state index contributed by atoms with van der Waals surface area (Å²) in [6, 6.07) is 7.38. The number of aromatic amines is 1. The maximum Gasteiger partial charge on any atom is 0.255 e. The van der Waals surface area contributed by atoms with Crippen molar-refractivity contribution in [1.82, 2.24) is 24.4 Å². The lowest BCUT2D eigenvalue weighted by Gasteiger charge is -2.27. The molecule has 0 atom stereocenters. The number of nitrogens with zero attached hydrogens (tertiary/aromatic N) is 4. The third-order valence-corrected chi connectivity index (χ3v) is 5.41. The van der Waals surface area contributed by atoms with Gasteiger partial charge in [-0.2, -0.15) is 0 Å². The molecule has 0 bridgehead atoms. The van der Waals surface area contributed by atoms with Crippen molar-refractivity contribution >= 4 is 5.69 Å². The van der Waals surface area contributed by atoms with Crippen LogP contribution in [-0.4, -0.2) is 31.0 Å². The average Bonchev–Trinajstić information content (AvgIpc) is 2.89. The van der Waals surface area contributed by atoms with Crippen molar-refractivity contribution in [1.29, 1.82) is 0 Å². The molecule has 7 nitrogen and oxygen atoms in total. The van der Waals surface area contributed by atoms with Gasteiger partial charge in [0.15, 0.2) is 0 Å². The van der Waals surface area contributed by atoms with Crippen LogP contribution < -0.4 is 11.3 Å². The van der Waals surface area contributed by atoms with Crippen LogP contribution in [0.2, 0.25) is 0 Å². The number of imidazole rings is 1. The molecule has 0 spiro atoms. The van der Waals surface area contributed by atoms with Gasteiger partial charge in [-0.1, -0.05) is 0 Å². The fourth-order valence-electron chi connectivity index (χ4n) is 3.52. The van der Waals surface area contributed by atoms with Gasteiger partial charge in [-0.15, -0.1) is 0 Å². The Bertz CT molecular complexity index is 1050. The number of nitrogens with two attached hydrogens (primary N) is 1. The number of aromatic nitrogens is 4. The number of hydrogen-bond donors (Lipinski definition) is 2. The molecule has 0 fully saturated rings. The molecule has 7 heteroatoms. The molecule has 27 heavy (non-hydrogen) atoms. The maximum absolute atomic E-state index is 12.7. The topological polar surface area (TPSA) is 92.8 Å². The molecule has 140 valence electrons. The molecule has 3 aromatic rings. The zero-order valence-electron chi connectivity index (χ0n) is 15.9. The van der Waals surface area contributed by atoms with Gasteiger partial charge >= 0.3 is 0 Å². The zero-order valence-corrected chi connectivity index (χ0v) is 15.9. The molecule has 0 saturated carbocycles. The summed E-state index contributed by atoms with van der Waals surface area (Å²) in [5, 5.41) is 0. The molecule has 0 amide bonds. The van der Waals surface area contributed by atoms with Crippen LogP contribution in [0.25, 0.3) is 11.4 Å². The predicted molar refractivity (Wildman–Crippen MR) is 105 cm³/mol. The number of hydrogen-bond acceptors (Lipinski definition) is 5. The van der Waals surface area contributed by atoms with Gasteiger partial charge < -0.3 is 15.3 Å². The van der Waals surface area contributed by atoms with Crippen molar-refractivity contribution in [3.05, 3.63) is 63.1 Å². The predicted octanol–water partition coefficient (Wildman–Crippen LogP) is 1.93. The Morgan fingerprint density at radius 3 is 2.59 bits per heavy atom. The molecular weight excluding hydrogens is 340 g/mol. The number of nitrogens with one attached hydrogen (secondary N) is 1. The number of aryl methyl sites for hydroxylation is 1. The number of anilines is 1. The molecule has 2 aromatic heterocycles. The van der Waals surface area contributed by atoms with Gasteiger partial charge in [0, 0.05) is 43.5 Å². The highest BCUT2D eigenvalue weighted by molar-refractivity contribution is 5.58. The first-order valence-electron chi connectivity index (χ1n) is 9.11. The Balaban J connectivity index is 1.59. The summed E-state index contributed by atoms with van der Waals surface area (Å²) in [6.45, 7) is 6.27. The van der Waals surface area contributed by atoms with E-state index in [1.165, 1.54) is 5.69 Å². The van der Waals surface area contributed by atoms with E-state index in [0.717, 1.165) is 47.8 Å². The van der Waals surface area contributed by atoms with E-state index in [9.17, 15) is 4.79 Å². The van der Waals surface area contributed by atoms with Crippen molar-refractivity contribution in [2.75, 3.05) is 12.3 Å². The fraction of sp³-hybridized carbons (Fsp3) is 0.350. The number of benzene rings is 1. The quantitative estimate of drug-likeness (QED) is 0.693. The van der Waals surface area contributed by atoms with Crippen molar-refractivity contribution in [2.45, 2.75) is 33.4 Å². The lowest BCUT2D eigenvalue weighted by molar-refractivity contribution is 0.233. The molecule has 1 aromatic carbocycles. The van der Waals surface area contributed by atoms with E-state index >= 15 is 0 Å². The second-order valence-corrected chi connectivity index (χ2v) is 7.18. The van der Waals surface area contributed by atoms with Gasteiger partial charge in [-0.05, 0) is 38.1 Å². The van der Waals surface area contributed by atoms with Crippen molar-refractivity contribution in [2.24, 2.45) is 7.05 Å². The highest BCUT2D eigenvalue weighted by Crippen LogP contribution is 2.21. The normalized spacial score (nSPS) is 14.3. The smallest absolute Gasteiger partial charge is 0.255 e. The average molecular weight is 364 g/mol. The van der Waals surface area contributed by atoms with Crippen molar-refractivity contribution < 1.29 is 0 Å². The second-order valence-electron chi connectivity index (χ2n) is 7.18. The molecule has 0 unspecified atom stereocenters. The molecule has 3 heterocycles. The van der Waals surface area contributed by atoms with E-state index in [1.54, 1.807) is 0 Å². The summed E-state index contributed by atoms with van der Waals surface area (Å²) < 4.78 is 2.12. The minimum absolute atomic E-state index is 0.0660. The third-order valence-electron chi connectivity index (χ3n) is 5.41. The number of rotatable bonds is 3. The Hall–Kier alpha value is -2.93. The molecule has 0 aliphatic carbocycles. The van der Waals surface area contributed by atoms with Crippen LogP contribution in [0.4, 0.5) is 5.69 Å². The monoisotopic (exact) mass is 364 g/mol. The minimum atomic E-state index is -0.0660. The van der Waals surface area contributed by atoms with E-state index in [2.05, 4.69) is 26.4 Å². The van der Waals surface area contributed by atoms with Gasteiger partial charge in [0.25, 0.3) is 5.56 Å². The van der Waals surface area contributed by atoms with Gasteiger partial charge in [0.05, 0.1) is 23.5 Å². The number of nitrogen functional groups attached to an aromatic ring is 1. The first-order chi connectivity index (χ1) is 12.9. The lowest BCUT2D eigenvalue weighted by Crippen LogP contribution is -2.36. The van der Waals surface area contributed by atoms with E-state index in [0.29, 0.717) is 18.1 Å². The summed E-state index contributed by atoms with van der Waals surface area (Å²) in [6.07, 6.45) is 0.754. The van der Waals surface area contributed by atoms with Crippen LogP contribution >= 0.6 is 0 Å². The Labute approximate surface area is 157 Å². The van der Waals surface area contributed by atoms with Crippen LogP contribution in [0.5, 0.6) is 0 Å². The largest absolute Gasteiger partial charge is 0.399 e. The zero-order chi connectivity index (χ0) is 19.1. The second kappa shape index (κ2) is 6.66. The van der Waals surface area contributed by atoms with Gasteiger partial charge in [-0.3, -0.25) is 9.69 Å². The summed E-state index contributed by atoms with van der Waals surface area (Å²) in [4.78, 5) is 27.2. The minimum Gasteiger partial charge on any atom is -0.399 e. The van der Waals surface area contributed by atoms with Crippen LogP contribution in [0.15, 0.2) is 29.1 Å².